The first-order valence-electron chi connectivity index (χ1n) is 6.29. The number of anilines is 1. The Morgan fingerprint density at radius 3 is 2.95 bits per heavy atom. The number of aromatic carboxylic acids is 1. The third-order valence-electron chi connectivity index (χ3n) is 3.53. The van der Waals surface area contributed by atoms with Crippen LogP contribution in [0, 0.1) is 10.1 Å². The number of pyridine rings is 1. The van der Waals surface area contributed by atoms with Crippen molar-refractivity contribution in [1.82, 2.24) is 4.98 Å². The lowest BCUT2D eigenvalue weighted by atomic mass is 9.97. The molecule has 1 aliphatic heterocycles. The second kappa shape index (κ2) is 5.62. The molecule has 0 spiro atoms. The van der Waals surface area contributed by atoms with Crippen LogP contribution >= 0.6 is 0 Å². The van der Waals surface area contributed by atoms with Crippen LogP contribution in [0.4, 0.5) is 11.5 Å². The van der Waals surface area contributed by atoms with Crippen LogP contribution in [-0.2, 0) is 4.74 Å². The van der Waals surface area contributed by atoms with E-state index in [2.05, 4.69) is 10.3 Å². The summed E-state index contributed by atoms with van der Waals surface area (Å²) in [6.45, 7) is 2.14. The van der Waals surface area contributed by atoms with Gasteiger partial charge in [-0.15, -0.1) is 0 Å². The van der Waals surface area contributed by atoms with E-state index in [0.29, 0.717) is 13.0 Å². The molecule has 9 nitrogen and oxygen atoms in total. The summed E-state index contributed by atoms with van der Waals surface area (Å²) in [4.78, 5) is 24.8. The molecule has 2 heterocycles. The minimum absolute atomic E-state index is 0.0222. The van der Waals surface area contributed by atoms with Crippen LogP contribution in [0.15, 0.2) is 12.3 Å². The average molecular weight is 297 g/mol. The Morgan fingerprint density at radius 1 is 1.71 bits per heavy atom. The Bertz CT molecular complexity index is 578. The largest absolute Gasteiger partial charge is 0.478 e. The predicted octanol–water partition coefficient (Wildman–Crippen LogP) is 0.640. The van der Waals surface area contributed by atoms with E-state index in [9.17, 15) is 20.0 Å². The van der Waals surface area contributed by atoms with Crippen LogP contribution in [0.5, 0.6) is 0 Å². The van der Waals surface area contributed by atoms with Gasteiger partial charge >= 0.3 is 11.7 Å². The van der Waals surface area contributed by atoms with Crippen molar-refractivity contribution in [3.63, 3.8) is 0 Å². The van der Waals surface area contributed by atoms with E-state index in [-0.39, 0.29) is 17.9 Å². The van der Waals surface area contributed by atoms with E-state index < -0.39 is 28.3 Å². The van der Waals surface area contributed by atoms with Crippen LogP contribution in [0.25, 0.3) is 0 Å². The van der Waals surface area contributed by atoms with Crippen LogP contribution in [0.1, 0.15) is 23.7 Å². The van der Waals surface area contributed by atoms with Gasteiger partial charge in [0.1, 0.15) is 5.60 Å². The molecule has 21 heavy (non-hydrogen) atoms. The number of hydrogen-bond donors (Lipinski definition) is 3. The molecule has 2 atom stereocenters. The van der Waals surface area contributed by atoms with E-state index in [1.807, 2.05) is 0 Å². The molecule has 0 aliphatic carbocycles. The third kappa shape index (κ3) is 3.09. The zero-order valence-corrected chi connectivity index (χ0v) is 11.3. The van der Waals surface area contributed by atoms with Gasteiger partial charge in [-0.1, -0.05) is 0 Å². The topological polar surface area (TPSA) is 135 Å². The smallest absolute Gasteiger partial charge is 0.337 e. The molecule has 0 aromatic carbocycles. The molecule has 0 bridgehead atoms. The number of ether oxygens (including phenoxy) is 1. The van der Waals surface area contributed by atoms with Crippen molar-refractivity contribution in [2.24, 2.45) is 0 Å². The molecular formula is C12H15N3O6. The second-order valence-electron chi connectivity index (χ2n) is 4.87. The van der Waals surface area contributed by atoms with E-state index in [0.717, 1.165) is 12.3 Å². The second-order valence-corrected chi connectivity index (χ2v) is 4.87. The van der Waals surface area contributed by atoms with E-state index in [4.69, 9.17) is 9.84 Å². The summed E-state index contributed by atoms with van der Waals surface area (Å²) in [5.74, 6) is -1.38. The Kier molecular flexibility index (Phi) is 4.05. The Balaban J connectivity index is 2.20. The number of carbonyl (C=O) groups is 1. The normalized spacial score (nSPS) is 24.8. The van der Waals surface area contributed by atoms with Crippen molar-refractivity contribution in [3.8, 4) is 0 Å². The van der Waals surface area contributed by atoms with E-state index in [1.54, 1.807) is 6.92 Å². The summed E-state index contributed by atoms with van der Waals surface area (Å²) >= 11 is 0. The van der Waals surface area contributed by atoms with Crippen molar-refractivity contribution in [3.05, 3.63) is 27.9 Å². The first kappa shape index (κ1) is 15.1. The van der Waals surface area contributed by atoms with Crippen LogP contribution in [-0.4, -0.2) is 50.9 Å². The van der Waals surface area contributed by atoms with Crippen LogP contribution in [0.3, 0.4) is 0 Å². The van der Waals surface area contributed by atoms with E-state index in [1.165, 1.54) is 0 Å². The minimum Gasteiger partial charge on any atom is -0.478 e. The molecule has 3 N–H and O–H groups in total. The summed E-state index contributed by atoms with van der Waals surface area (Å²) in [5.41, 5.74) is -1.87. The van der Waals surface area contributed by atoms with Gasteiger partial charge in [0.2, 0.25) is 5.82 Å². The van der Waals surface area contributed by atoms with Gasteiger partial charge in [0.25, 0.3) is 0 Å². The summed E-state index contributed by atoms with van der Waals surface area (Å²) < 4.78 is 5.26. The quantitative estimate of drug-likeness (QED) is 0.532. The molecule has 1 aromatic rings. The average Bonchev–Trinajstić information content (AvgIpc) is 2.76. The fourth-order valence-corrected chi connectivity index (χ4v) is 2.09. The van der Waals surface area contributed by atoms with Gasteiger partial charge < -0.3 is 20.3 Å². The molecule has 2 rings (SSSR count). The maximum absolute atomic E-state index is 11.0. The molecule has 1 saturated heterocycles. The molecule has 1 aliphatic rings. The fourth-order valence-electron chi connectivity index (χ4n) is 2.09. The van der Waals surface area contributed by atoms with Gasteiger partial charge in [-0.2, -0.15) is 0 Å². The van der Waals surface area contributed by atoms with E-state index >= 15 is 0 Å². The molecule has 114 valence electrons. The SMILES string of the molecule is CC1OCCC1(O)CNc1ncc(C(=O)O)cc1[N+](=O)[O-]. The number of nitrogens with one attached hydrogen (secondary N) is 1. The van der Waals surface area contributed by atoms with Gasteiger partial charge in [0.05, 0.1) is 16.6 Å². The molecule has 9 heteroatoms. The van der Waals surface area contributed by atoms with Gasteiger partial charge in [0.15, 0.2) is 0 Å². The third-order valence-corrected chi connectivity index (χ3v) is 3.53. The highest BCUT2D eigenvalue weighted by Gasteiger charge is 2.39. The van der Waals surface area contributed by atoms with Gasteiger partial charge in [-0.05, 0) is 6.92 Å². The molecular weight excluding hydrogens is 282 g/mol. The van der Waals surface area contributed by atoms with Crippen molar-refractivity contribution < 1.29 is 24.7 Å². The molecule has 1 fully saturated rings. The monoisotopic (exact) mass is 297 g/mol. The number of nitro groups is 1. The van der Waals surface area contributed by atoms with Crippen LogP contribution in [0.2, 0.25) is 0 Å². The number of rotatable bonds is 5. The van der Waals surface area contributed by atoms with Crippen molar-refractivity contribution in [1.29, 1.82) is 0 Å². The highest BCUT2D eigenvalue weighted by atomic mass is 16.6. The first-order valence-corrected chi connectivity index (χ1v) is 6.29. The Labute approximate surface area is 119 Å². The summed E-state index contributed by atoms with van der Waals surface area (Å²) in [6, 6.07) is 0.927. The highest BCUT2D eigenvalue weighted by molar-refractivity contribution is 5.88. The summed E-state index contributed by atoms with van der Waals surface area (Å²) in [7, 11) is 0. The highest BCUT2D eigenvalue weighted by Crippen LogP contribution is 2.28. The number of aliphatic hydroxyl groups is 1. The lowest BCUT2D eigenvalue weighted by Gasteiger charge is -2.26. The lowest BCUT2D eigenvalue weighted by Crippen LogP contribution is -2.43. The summed E-state index contributed by atoms with van der Waals surface area (Å²) in [5, 5.41) is 32.8. The lowest BCUT2D eigenvalue weighted by molar-refractivity contribution is -0.384. The molecule has 0 saturated carbocycles. The first-order chi connectivity index (χ1) is 9.83. The van der Waals surface area contributed by atoms with Gasteiger partial charge in [0, 0.05) is 31.8 Å². The number of carboxylic acids is 1. The van der Waals surface area contributed by atoms with Gasteiger partial charge in [-0.25, -0.2) is 9.78 Å². The Hall–Kier alpha value is -2.26. The van der Waals surface area contributed by atoms with Crippen molar-refractivity contribution in [2.45, 2.75) is 25.0 Å². The van der Waals surface area contributed by atoms with Crippen LogP contribution < -0.4 is 5.32 Å². The number of carboxylic acid groups (broad SMARTS) is 1. The molecule has 1 aromatic heterocycles. The number of hydrogen-bond acceptors (Lipinski definition) is 7. The molecule has 0 amide bonds. The zero-order chi connectivity index (χ0) is 15.6. The maximum Gasteiger partial charge on any atom is 0.337 e. The summed E-state index contributed by atoms with van der Waals surface area (Å²) in [6.07, 6.45) is 1.03. The minimum atomic E-state index is -1.30. The van der Waals surface area contributed by atoms with Gasteiger partial charge in [-0.3, -0.25) is 10.1 Å². The fraction of sp³-hybridized carbons (Fsp3) is 0.500. The predicted molar refractivity (Wildman–Crippen MR) is 71.3 cm³/mol. The van der Waals surface area contributed by atoms with Crippen molar-refractivity contribution in [2.75, 3.05) is 18.5 Å². The Morgan fingerprint density at radius 2 is 2.43 bits per heavy atom. The zero-order valence-electron chi connectivity index (χ0n) is 11.3. The number of aromatic nitrogens is 1. The number of nitrogens with zero attached hydrogens (tertiary/aromatic N) is 2. The molecule has 2 unspecified atom stereocenters. The van der Waals surface area contributed by atoms with Crippen molar-refractivity contribution >= 4 is 17.5 Å². The molecule has 0 radical (unpaired) electrons. The standard InChI is InChI=1S/C12H15N3O6/c1-7-12(18,2-3-21-7)6-14-10-9(15(19)20)4-8(5-13-10)11(16)17/h4-5,7,18H,2-3,6H2,1H3,(H,13,14)(H,16,17). The maximum atomic E-state index is 11.0.